The molecule has 0 radical (unpaired) electrons. The molecule has 0 aliphatic carbocycles. The molecule has 1 heterocycles. The fourth-order valence-corrected chi connectivity index (χ4v) is 3.72. The molecule has 0 saturated heterocycles. The molecule has 1 nitrogen and oxygen atoms in total. The standard InChI is InChI=1S/C9H6BrIOS/c1-12-7-2-5(11)3-8-9(7)6(10)4-13-8/h2-4H,1H3. The zero-order chi connectivity index (χ0) is 9.42. The van der Waals surface area contributed by atoms with Gasteiger partial charge in [-0.15, -0.1) is 11.3 Å². The summed E-state index contributed by atoms with van der Waals surface area (Å²) in [7, 11) is 1.70. The molecule has 1 aromatic carbocycles. The zero-order valence-electron chi connectivity index (χ0n) is 6.80. The van der Waals surface area contributed by atoms with Crippen LogP contribution in [0.3, 0.4) is 0 Å². The molecule has 0 amide bonds. The third-order valence-electron chi connectivity index (χ3n) is 1.78. The maximum Gasteiger partial charge on any atom is 0.129 e. The van der Waals surface area contributed by atoms with E-state index >= 15 is 0 Å². The van der Waals surface area contributed by atoms with E-state index in [1.54, 1.807) is 18.4 Å². The van der Waals surface area contributed by atoms with Gasteiger partial charge >= 0.3 is 0 Å². The summed E-state index contributed by atoms with van der Waals surface area (Å²) in [5.41, 5.74) is 0. The smallest absolute Gasteiger partial charge is 0.129 e. The van der Waals surface area contributed by atoms with Gasteiger partial charge in [-0.1, -0.05) is 0 Å². The number of hydrogen-bond acceptors (Lipinski definition) is 2. The highest BCUT2D eigenvalue weighted by atomic mass is 127. The highest BCUT2D eigenvalue weighted by Crippen LogP contribution is 2.38. The molecule has 0 aliphatic rings. The summed E-state index contributed by atoms with van der Waals surface area (Å²) in [6.45, 7) is 0. The fraction of sp³-hybridized carbons (Fsp3) is 0.111. The quantitative estimate of drug-likeness (QED) is 0.683. The van der Waals surface area contributed by atoms with E-state index in [2.05, 4.69) is 50.0 Å². The van der Waals surface area contributed by atoms with Crippen molar-refractivity contribution in [3.63, 3.8) is 0 Å². The second kappa shape index (κ2) is 3.74. The lowest BCUT2D eigenvalue weighted by molar-refractivity contribution is 0.419. The Balaban J connectivity index is 2.85. The van der Waals surface area contributed by atoms with Gasteiger partial charge in [-0.3, -0.25) is 0 Å². The minimum atomic E-state index is 0.940. The van der Waals surface area contributed by atoms with Crippen molar-refractivity contribution in [2.24, 2.45) is 0 Å². The van der Waals surface area contributed by atoms with Crippen LogP contribution in [-0.2, 0) is 0 Å². The van der Waals surface area contributed by atoms with Crippen LogP contribution in [0.25, 0.3) is 10.1 Å². The summed E-state index contributed by atoms with van der Waals surface area (Å²) >= 11 is 7.53. The van der Waals surface area contributed by atoms with Gasteiger partial charge < -0.3 is 4.74 Å². The van der Waals surface area contributed by atoms with Crippen molar-refractivity contribution in [1.82, 2.24) is 0 Å². The van der Waals surface area contributed by atoms with Gasteiger partial charge in [-0.25, -0.2) is 0 Å². The maximum absolute atomic E-state index is 5.32. The molecule has 0 atom stereocenters. The molecule has 0 spiro atoms. The van der Waals surface area contributed by atoms with Gasteiger partial charge in [-0.2, -0.15) is 0 Å². The first kappa shape index (κ1) is 9.73. The molecule has 0 fully saturated rings. The predicted octanol–water partition coefficient (Wildman–Crippen LogP) is 4.28. The molecular weight excluding hydrogens is 363 g/mol. The van der Waals surface area contributed by atoms with E-state index in [9.17, 15) is 0 Å². The number of thiophene rings is 1. The minimum Gasteiger partial charge on any atom is -0.496 e. The van der Waals surface area contributed by atoms with Crippen LogP contribution in [0.2, 0.25) is 0 Å². The molecular formula is C9H6BrIOS. The van der Waals surface area contributed by atoms with Gasteiger partial charge in [0, 0.05) is 23.5 Å². The first-order valence-corrected chi connectivity index (χ1v) is 6.37. The number of ether oxygens (including phenoxy) is 1. The number of hydrogen-bond donors (Lipinski definition) is 0. The van der Waals surface area contributed by atoms with Crippen LogP contribution in [0.4, 0.5) is 0 Å². The fourth-order valence-electron chi connectivity index (χ4n) is 1.22. The molecule has 0 N–H and O–H groups in total. The van der Waals surface area contributed by atoms with Gasteiger partial charge in [0.1, 0.15) is 5.75 Å². The normalized spacial score (nSPS) is 10.7. The van der Waals surface area contributed by atoms with Crippen LogP contribution < -0.4 is 4.74 Å². The van der Waals surface area contributed by atoms with Gasteiger partial charge in [0.15, 0.2) is 0 Å². The van der Waals surface area contributed by atoms with Gasteiger partial charge in [0.25, 0.3) is 0 Å². The van der Waals surface area contributed by atoms with E-state index in [4.69, 9.17) is 4.74 Å². The third kappa shape index (κ3) is 1.71. The first-order valence-electron chi connectivity index (χ1n) is 3.62. The topological polar surface area (TPSA) is 9.23 Å². The Morgan fingerprint density at radius 3 is 2.92 bits per heavy atom. The Morgan fingerprint density at radius 1 is 1.46 bits per heavy atom. The molecule has 0 saturated carbocycles. The van der Waals surface area contributed by atoms with E-state index in [0.717, 1.165) is 10.2 Å². The SMILES string of the molecule is COc1cc(I)cc2scc(Br)c12. The van der Waals surface area contributed by atoms with E-state index in [1.165, 1.54) is 13.7 Å². The number of rotatable bonds is 1. The maximum atomic E-state index is 5.32. The summed E-state index contributed by atoms with van der Waals surface area (Å²) in [5.74, 6) is 0.940. The van der Waals surface area contributed by atoms with Crippen LogP contribution in [0.1, 0.15) is 0 Å². The average molecular weight is 369 g/mol. The van der Waals surface area contributed by atoms with Crippen molar-refractivity contribution in [3.8, 4) is 5.75 Å². The van der Waals surface area contributed by atoms with Gasteiger partial charge in [0.05, 0.1) is 7.11 Å². The lowest BCUT2D eigenvalue weighted by Crippen LogP contribution is -1.84. The number of benzene rings is 1. The van der Waals surface area contributed by atoms with Gasteiger partial charge in [0.2, 0.25) is 0 Å². The number of halogens is 2. The zero-order valence-corrected chi connectivity index (χ0v) is 11.4. The second-order valence-corrected chi connectivity index (χ2v) is 5.58. The molecule has 0 bridgehead atoms. The van der Waals surface area contributed by atoms with Crippen LogP contribution in [0.5, 0.6) is 5.75 Å². The Labute approximate surface area is 102 Å². The monoisotopic (exact) mass is 368 g/mol. The molecule has 4 heteroatoms. The first-order chi connectivity index (χ1) is 6.22. The van der Waals surface area contributed by atoms with Crippen molar-refractivity contribution >= 4 is 59.9 Å². The molecule has 1 aromatic heterocycles. The molecule has 2 rings (SSSR count). The predicted molar refractivity (Wildman–Crippen MR) is 68.8 cm³/mol. The third-order valence-corrected chi connectivity index (χ3v) is 4.26. The van der Waals surface area contributed by atoms with Crippen LogP contribution in [-0.4, -0.2) is 7.11 Å². The molecule has 68 valence electrons. The van der Waals surface area contributed by atoms with Crippen molar-refractivity contribution < 1.29 is 4.74 Å². The Bertz CT molecular complexity index is 452. The molecule has 0 unspecified atom stereocenters. The molecule has 2 aromatic rings. The van der Waals surface area contributed by atoms with Crippen molar-refractivity contribution in [1.29, 1.82) is 0 Å². The Morgan fingerprint density at radius 2 is 2.23 bits per heavy atom. The summed E-state index contributed by atoms with van der Waals surface area (Å²) in [6, 6.07) is 4.20. The van der Waals surface area contributed by atoms with Crippen LogP contribution in [0.15, 0.2) is 22.0 Å². The van der Waals surface area contributed by atoms with E-state index in [0.29, 0.717) is 0 Å². The summed E-state index contributed by atoms with van der Waals surface area (Å²) < 4.78 is 8.90. The Kier molecular flexibility index (Phi) is 2.80. The summed E-state index contributed by atoms with van der Waals surface area (Å²) in [5, 5.41) is 3.26. The second-order valence-electron chi connectivity index (χ2n) is 2.56. The summed E-state index contributed by atoms with van der Waals surface area (Å²) in [4.78, 5) is 0. The van der Waals surface area contributed by atoms with Crippen molar-refractivity contribution in [2.45, 2.75) is 0 Å². The summed E-state index contributed by atoms with van der Waals surface area (Å²) in [6.07, 6.45) is 0. The van der Waals surface area contributed by atoms with Crippen molar-refractivity contribution in [2.75, 3.05) is 7.11 Å². The highest BCUT2D eigenvalue weighted by molar-refractivity contribution is 14.1. The largest absolute Gasteiger partial charge is 0.496 e. The lowest BCUT2D eigenvalue weighted by atomic mass is 10.2. The van der Waals surface area contributed by atoms with E-state index in [-0.39, 0.29) is 0 Å². The lowest BCUT2D eigenvalue weighted by Gasteiger charge is -2.02. The minimum absolute atomic E-state index is 0.940. The van der Waals surface area contributed by atoms with Crippen LogP contribution in [0, 0.1) is 3.57 Å². The van der Waals surface area contributed by atoms with Crippen LogP contribution >= 0.6 is 49.9 Å². The van der Waals surface area contributed by atoms with E-state index < -0.39 is 0 Å². The molecule has 0 aliphatic heterocycles. The highest BCUT2D eigenvalue weighted by Gasteiger charge is 2.08. The van der Waals surface area contributed by atoms with Gasteiger partial charge in [-0.05, 0) is 50.7 Å². The average Bonchev–Trinajstić information content (AvgIpc) is 2.46. The number of methoxy groups -OCH3 is 1. The number of fused-ring (bicyclic) bond motifs is 1. The Hall–Kier alpha value is 0.190. The van der Waals surface area contributed by atoms with Crippen molar-refractivity contribution in [3.05, 3.63) is 25.6 Å². The van der Waals surface area contributed by atoms with E-state index in [1.807, 2.05) is 6.07 Å². The molecule has 13 heavy (non-hydrogen) atoms.